The molecule has 0 aromatic heterocycles. The van der Waals surface area contributed by atoms with Gasteiger partial charge in [-0.05, 0) is 61.1 Å². The van der Waals surface area contributed by atoms with Gasteiger partial charge in [-0.15, -0.1) is 0 Å². The van der Waals surface area contributed by atoms with E-state index in [9.17, 15) is 9.59 Å². The Kier molecular flexibility index (Phi) is 6.32. The van der Waals surface area contributed by atoms with E-state index >= 15 is 0 Å². The average molecular weight is 448 g/mol. The van der Waals surface area contributed by atoms with Crippen molar-refractivity contribution in [1.29, 1.82) is 0 Å². The molecule has 1 saturated heterocycles. The van der Waals surface area contributed by atoms with Crippen molar-refractivity contribution in [3.63, 3.8) is 0 Å². The standard InChI is InChI=1S/C23H23Cl2NO4/c1-2-29-23(28)21(15-3-4-15)26-19(27)13-30-22(16-7-11-18(25)12-8-16)20(26)14-5-9-17(24)10-6-14/h5-12,15,20-22H,2-4,13H2,1H3/t20-,21-,22+/m1/s1. The molecule has 1 saturated carbocycles. The fourth-order valence-electron chi connectivity index (χ4n) is 4.05. The summed E-state index contributed by atoms with van der Waals surface area (Å²) < 4.78 is 11.4. The minimum atomic E-state index is -0.628. The number of rotatable bonds is 6. The third-order valence-corrected chi connectivity index (χ3v) is 6.07. The molecule has 30 heavy (non-hydrogen) atoms. The summed E-state index contributed by atoms with van der Waals surface area (Å²) in [7, 11) is 0. The van der Waals surface area contributed by atoms with Crippen LogP contribution in [0.25, 0.3) is 0 Å². The number of hydrogen-bond acceptors (Lipinski definition) is 4. The van der Waals surface area contributed by atoms with Gasteiger partial charge in [0.05, 0.1) is 12.6 Å². The zero-order chi connectivity index (χ0) is 21.3. The Morgan fingerprint density at radius 3 is 2.17 bits per heavy atom. The zero-order valence-corrected chi connectivity index (χ0v) is 18.1. The molecule has 1 amide bonds. The molecule has 0 radical (unpaired) electrons. The number of halogens is 2. The molecule has 158 valence electrons. The van der Waals surface area contributed by atoms with Gasteiger partial charge in [-0.2, -0.15) is 0 Å². The Morgan fingerprint density at radius 1 is 1.07 bits per heavy atom. The maximum Gasteiger partial charge on any atom is 0.329 e. The Morgan fingerprint density at radius 2 is 1.63 bits per heavy atom. The van der Waals surface area contributed by atoms with E-state index in [1.807, 2.05) is 24.3 Å². The van der Waals surface area contributed by atoms with Crippen molar-refractivity contribution < 1.29 is 19.1 Å². The summed E-state index contributed by atoms with van der Waals surface area (Å²) in [6, 6.07) is 13.6. The fourth-order valence-corrected chi connectivity index (χ4v) is 4.31. The van der Waals surface area contributed by atoms with Crippen molar-refractivity contribution in [3.05, 3.63) is 69.7 Å². The zero-order valence-electron chi connectivity index (χ0n) is 16.6. The lowest BCUT2D eigenvalue weighted by Gasteiger charge is -2.44. The van der Waals surface area contributed by atoms with E-state index < -0.39 is 18.2 Å². The monoisotopic (exact) mass is 447 g/mol. The van der Waals surface area contributed by atoms with E-state index in [1.54, 1.807) is 36.1 Å². The molecule has 2 fully saturated rings. The van der Waals surface area contributed by atoms with Crippen molar-refractivity contribution in [2.75, 3.05) is 13.2 Å². The van der Waals surface area contributed by atoms with Crippen LogP contribution >= 0.6 is 23.2 Å². The number of benzene rings is 2. The summed E-state index contributed by atoms with van der Waals surface area (Å²) in [5.41, 5.74) is 1.73. The number of ether oxygens (including phenoxy) is 2. The van der Waals surface area contributed by atoms with Crippen LogP contribution in [0.4, 0.5) is 0 Å². The van der Waals surface area contributed by atoms with Crippen molar-refractivity contribution >= 4 is 35.1 Å². The highest BCUT2D eigenvalue weighted by atomic mass is 35.5. The van der Waals surface area contributed by atoms with Crippen LogP contribution in [0.5, 0.6) is 0 Å². The highest BCUT2D eigenvalue weighted by molar-refractivity contribution is 6.30. The van der Waals surface area contributed by atoms with E-state index in [0.29, 0.717) is 10.0 Å². The molecule has 1 aliphatic heterocycles. The highest BCUT2D eigenvalue weighted by Crippen LogP contribution is 2.46. The molecular weight excluding hydrogens is 425 g/mol. The van der Waals surface area contributed by atoms with Crippen molar-refractivity contribution in [3.8, 4) is 0 Å². The maximum absolute atomic E-state index is 13.1. The Labute approximate surface area is 185 Å². The first kappa shape index (κ1) is 21.2. The van der Waals surface area contributed by atoms with Crippen LogP contribution in [0, 0.1) is 5.92 Å². The summed E-state index contributed by atoms with van der Waals surface area (Å²) in [6.07, 6.45) is 1.34. The Hall–Kier alpha value is -2.08. The lowest BCUT2D eigenvalue weighted by molar-refractivity contribution is -0.174. The second-order valence-electron chi connectivity index (χ2n) is 7.61. The van der Waals surface area contributed by atoms with Crippen LogP contribution in [0.1, 0.15) is 43.0 Å². The summed E-state index contributed by atoms with van der Waals surface area (Å²) in [5.74, 6) is -0.471. The third kappa shape index (κ3) is 4.34. The minimum absolute atomic E-state index is 0.0972. The number of amides is 1. The van der Waals surface area contributed by atoms with Crippen molar-refractivity contribution in [1.82, 2.24) is 4.90 Å². The van der Waals surface area contributed by atoms with Crippen LogP contribution in [0.15, 0.2) is 48.5 Å². The second kappa shape index (κ2) is 8.96. The van der Waals surface area contributed by atoms with Gasteiger partial charge in [0.1, 0.15) is 18.8 Å². The molecule has 0 bridgehead atoms. The average Bonchev–Trinajstić information content (AvgIpc) is 3.56. The first-order valence-electron chi connectivity index (χ1n) is 10.1. The number of carbonyl (C=O) groups excluding carboxylic acids is 2. The Balaban J connectivity index is 1.80. The molecule has 0 N–H and O–H groups in total. The van der Waals surface area contributed by atoms with Crippen molar-refractivity contribution in [2.45, 2.75) is 38.0 Å². The fraction of sp³-hybridized carbons (Fsp3) is 0.391. The van der Waals surface area contributed by atoms with Gasteiger partial charge in [-0.1, -0.05) is 47.5 Å². The Bertz CT molecular complexity index is 912. The summed E-state index contributed by atoms with van der Waals surface area (Å²) >= 11 is 12.2. The topological polar surface area (TPSA) is 55.8 Å². The predicted octanol–water partition coefficient (Wildman–Crippen LogP) is 4.98. The van der Waals surface area contributed by atoms with E-state index in [1.165, 1.54) is 0 Å². The highest BCUT2D eigenvalue weighted by Gasteiger charge is 2.50. The van der Waals surface area contributed by atoms with Crippen LogP contribution in [-0.4, -0.2) is 36.0 Å². The summed E-state index contributed by atoms with van der Waals surface area (Å²) in [6.45, 7) is 1.95. The van der Waals surface area contributed by atoms with Gasteiger partial charge in [-0.25, -0.2) is 4.79 Å². The lowest BCUT2D eigenvalue weighted by atomic mass is 9.90. The number of carbonyl (C=O) groups is 2. The van der Waals surface area contributed by atoms with E-state index in [0.717, 1.165) is 24.0 Å². The smallest absolute Gasteiger partial charge is 0.329 e. The molecule has 1 heterocycles. The molecule has 4 rings (SSSR count). The van der Waals surface area contributed by atoms with E-state index in [4.69, 9.17) is 32.7 Å². The molecule has 5 nitrogen and oxygen atoms in total. The molecule has 0 spiro atoms. The number of hydrogen-bond donors (Lipinski definition) is 0. The molecule has 0 unspecified atom stereocenters. The molecule has 3 atom stereocenters. The molecule has 2 aromatic rings. The number of esters is 1. The first-order valence-corrected chi connectivity index (χ1v) is 10.9. The predicted molar refractivity (Wildman–Crippen MR) is 114 cm³/mol. The van der Waals surface area contributed by atoms with Crippen LogP contribution in [0.3, 0.4) is 0 Å². The normalized spacial score (nSPS) is 22.6. The van der Waals surface area contributed by atoms with Crippen LogP contribution in [-0.2, 0) is 19.1 Å². The van der Waals surface area contributed by atoms with Gasteiger partial charge in [0.25, 0.3) is 0 Å². The minimum Gasteiger partial charge on any atom is -0.464 e. The van der Waals surface area contributed by atoms with Gasteiger partial charge in [0.2, 0.25) is 5.91 Å². The number of morpholine rings is 1. The van der Waals surface area contributed by atoms with Crippen molar-refractivity contribution in [2.24, 2.45) is 5.92 Å². The number of nitrogens with zero attached hydrogens (tertiary/aromatic N) is 1. The van der Waals surface area contributed by atoms with Crippen LogP contribution in [0.2, 0.25) is 10.0 Å². The third-order valence-electron chi connectivity index (χ3n) is 5.57. The van der Waals surface area contributed by atoms with Crippen LogP contribution < -0.4 is 0 Å². The van der Waals surface area contributed by atoms with Gasteiger partial charge < -0.3 is 14.4 Å². The lowest BCUT2D eigenvalue weighted by Crippen LogP contribution is -2.54. The molecule has 2 aliphatic rings. The second-order valence-corrected chi connectivity index (χ2v) is 8.49. The molecule has 7 heteroatoms. The molecular formula is C23H23Cl2NO4. The quantitative estimate of drug-likeness (QED) is 0.586. The van der Waals surface area contributed by atoms with Gasteiger partial charge in [0.15, 0.2) is 0 Å². The molecule has 2 aromatic carbocycles. The van der Waals surface area contributed by atoms with Gasteiger partial charge in [0, 0.05) is 10.0 Å². The largest absolute Gasteiger partial charge is 0.464 e. The summed E-state index contributed by atoms with van der Waals surface area (Å²) in [5, 5.41) is 1.22. The SMILES string of the molecule is CCOC(=O)[C@@H](C1CC1)N1C(=O)CO[C@@H](c2ccc(Cl)cc2)[C@H]1c1ccc(Cl)cc1. The summed E-state index contributed by atoms with van der Waals surface area (Å²) in [4.78, 5) is 27.7. The van der Waals surface area contributed by atoms with E-state index in [2.05, 4.69) is 0 Å². The van der Waals surface area contributed by atoms with E-state index in [-0.39, 0.29) is 31.0 Å². The van der Waals surface area contributed by atoms with Gasteiger partial charge in [-0.3, -0.25) is 4.79 Å². The van der Waals surface area contributed by atoms with Gasteiger partial charge >= 0.3 is 5.97 Å². The first-order chi connectivity index (χ1) is 14.5. The maximum atomic E-state index is 13.1. The molecule has 1 aliphatic carbocycles.